The summed E-state index contributed by atoms with van der Waals surface area (Å²) in [5.74, 6) is 1.78. The van der Waals surface area contributed by atoms with Crippen molar-refractivity contribution in [3.63, 3.8) is 0 Å². The predicted molar refractivity (Wildman–Crippen MR) is 85.5 cm³/mol. The standard InChI is InChI=1S/C16H17N5O2/c1-10(2)22-12-6-7-13(18-9-12)15-20-16(23-21-15)19-14-11(3)5-4-8-17-14/h4-10H,1-3H3,(H,17,19,20,21). The maximum Gasteiger partial charge on any atom is 0.327 e. The Hall–Kier alpha value is -2.96. The summed E-state index contributed by atoms with van der Waals surface area (Å²) in [6.45, 7) is 5.87. The highest BCUT2D eigenvalue weighted by molar-refractivity contribution is 5.55. The lowest BCUT2D eigenvalue weighted by atomic mass is 10.3. The van der Waals surface area contributed by atoms with Gasteiger partial charge in [0.15, 0.2) is 0 Å². The van der Waals surface area contributed by atoms with Gasteiger partial charge in [0.2, 0.25) is 5.82 Å². The van der Waals surface area contributed by atoms with Gasteiger partial charge in [0, 0.05) is 6.20 Å². The summed E-state index contributed by atoms with van der Waals surface area (Å²) in [6, 6.07) is 7.70. The summed E-state index contributed by atoms with van der Waals surface area (Å²) in [5.41, 5.74) is 1.59. The van der Waals surface area contributed by atoms with Gasteiger partial charge in [-0.3, -0.25) is 5.32 Å². The summed E-state index contributed by atoms with van der Waals surface area (Å²) in [6.07, 6.45) is 3.44. The molecule has 7 heteroatoms. The van der Waals surface area contributed by atoms with Gasteiger partial charge < -0.3 is 9.26 Å². The number of hydrogen-bond acceptors (Lipinski definition) is 7. The molecule has 0 atom stereocenters. The van der Waals surface area contributed by atoms with E-state index >= 15 is 0 Å². The lowest BCUT2D eigenvalue weighted by Gasteiger charge is -2.08. The van der Waals surface area contributed by atoms with E-state index in [2.05, 4.69) is 25.4 Å². The summed E-state index contributed by atoms with van der Waals surface area (Å²) < 4.78 is 10.7. The van der Waals surface area contributed by atoms with Gasteiger partial charge in [-0.15, -0.1) is 0 Å². The Morgan fingerprint density at radius 2 is 2.04 bits per heavy atom. The lowest BCUT2D eigenvalue weighted by molar-refractivity contribution is 0.241. The number of rotatable bonds is 5. The van der Waals surface area contributed by atoms with Gasteiger partial charge in [-0.25, -0.2) is 9.97 Å². The van der Waals surface area contributed by atoms with Crippen molar-refractivity contribution in [2.75, 3.05) is 5.32 Å². The normalized spacial score (nSPS) is 10.8. The fourth-order valence-electron chi connectivity index (χ4n) is 1.95. The van der Waals surface area contributed by atoms with Gasteiger partial charge in [-0.05, 0) is 44.5 Å². The van der Waals surface area contributed by atoms with Crippen LogP contribution in [0.15, 0.2) is 41.2 Å². The summed E-state index contributed by atoms with van der Waals surface area (Å²) in [7, 11) is 0. The monoisotopic (exact) mass is 311 g/mol. The van der Waals surface area contributed by atoms with E-state index in [0.29, 0.717) is 23.1 Å². The first-order chi connectivity index (χ1) is 11.1. The fourth-order valence-corrected chi connectivity index (χ4v) is 1.95. The maximum atomic E-state index is 5.56. The minimum absolute atomic E-state index is 0.102. The van der Waals surface area contributed by atoms with Crippen molar-refractivity contribution in [2.45, 2.75) is 26.9 Å². The number of anilines is 2. The van der Waals surface area contributed by atoms with E-state index in [-0.39, 0.29) is 12.1 Å². The zero-order chi connectivity index (χ0) is 16.2. The highest BCUT2D eigenvalue weighted by atomic mass is 16.5. The van der Waals surface area contributed by atoms with Crippen LogP contribution in [0.4, 0.5) is 11.8 Å². The number of aryl methyl sites for hydroxylation is 1. The molecule has 0 amide bonds. The first-order valence-corrected chi connectivity index (χ1v) is 7.27. The average Bonchev–Trinajstić information content (AvgIpc) is 2.98. The maximum absolute atomic E-state index is 5.56. The van der Waals surface area contributed by atoms with Gasteiger partial charge in [0.1, 0.15) is 17.3 Å². The molecule has 0 aliphatic carbocycles. The van der Waals surface area contributed by atoms with Crippen molar-refractivity contribution in [1.29, 1.82) is 0 Å². The number of nitrogens with one attached hydrogen (secondary N) is 1. The Labute approximate surface area is 133 Å². The van der Waals surface area contributed by atoms with Gasteiger partial charge in [-0.2, -0.15) is 4.98 Å². The van der Waals surface area contributed by atoms with Crippen LogP contribution in [0.2, 0.25) is 0 Å². The molecule has 3 aromatic heterocycles. The molecule has 0 radical (unpaired) electrons. The molecule has 0 fully saturated rings. The van der Waals surface area contributed by atoms with E-state index < -0.39 is 0 Å². The van der Waals surface area contributed by atoms with Crippen molar-refractivity contribution in [3.8, 4) is 17.3 Å². The third kappa shape index (κ3) is 3.63. The zero-order valence-corrected chi connectivity index (χ0v) is 13.1. The molecule has 0 aliphatic heterocycles. The first-order valence-electron chi connectivity index (χ1n) is 7.27. The molecule has 3 heterocycles. The van der Waals surface area contributed by atoms with E-state index in [1.807, 2.05) is 39.0 Å². The van der Waals surface area contributed by atoms with Crippen molar-refractivity contribution in [2.24, 2.45) is 0 Å². The first kappa shape index (κ1) is 15.0. The molecule has 7 nitrogen and oxygen atoms in total. The summed E-state index contributed by atoms with van der Waals surface area (Å²) in [4.78, 5) is 12.8. The van der Waals surface area contributed by atoms with Crippen LogP contribution in [0.25, 0.3) is 11.5 Å². The Morgan fingerprint density at radius 3 is 2.74 bits per heavy atom. The molecule has 0 bridgehead atoms. The molecule has 0 spiro atoms. The van der Waals surface area contributed by atoms with Gasteiger partial charge in [-0.1, -0.05) is 11.2 Å². The molecule has 23 heavy (non-hydrogen) atoms. The van der Waals surface area contributed by atoms with Crippen LogP contribution >= 0.6 is 0 Å². The van der Waals surface area contributed by atoms with Crippen LogP contribution in [0.5, 0.6) is 5.75 Å². The van der Waals surface area contributed by atoms with Crippen LogP contribution in [-0.4, -0.2) is 26.2 Å². The molecule has 3 rings (SSSR count). The van der Waals surface area contributed by atoms with Crippen LogP contribution in [0, 0.1) is 6.92 Å². The molecule has 0 aliphatic rings. The lowest BCUT2D eigenvalue weighted by Crippen LogP contribution is -2.05. The SMILES string of the molecule is Cc1cccnc1Nc1nc(-c2ccc(OC(C)C)cn2)no1. The summed E-state index contributed by atoms with van der Waals surface area (Å²) >= 11 is 0. The molecule has 1 N–H and O–H groups in total. The van der Waals surface area contributed by atoms with E-state index in [1.54, 1.807) is 18.5 Å². The van der Waals surface area contributed by atoms with Crippen LogP contribution in [-0.2, 0) is 0 Å². The molecule has 0 unspecified atom stereocenters. The molecular weight excluding hydrogens is 294 g/mol. The van der Waals surface area contributed by atoms with E-state index in [0.717, 1.165) is 5.56 Å². The van der Waals surface area contributed by atoms with Gasteiger partial charge in [0.25, 0.3) is 0 Å². The third-order valence-corrected chi connectivity index (χ3v) is 3.00. The van der Waals surface area contributed by atoms with Crippen molar-refractivity contribution in [1.82, 2.24) is 20.1 Å². The second-order valence-electron chi connectivity index (χ2n) is 5.26. The largest absolute Gasteiger partial charge is 0.489 e. The Bertz CT molecular complexity index is 783. The number of ether oxygens (including phenoxy) is 1. The van der Waals surface area contributed by atoms with Crippen LogP contribution in [0.3, 0.4) is 0 Å². The van der Waals surface area contributed by atoms with Gasteiger partial charge >= 0.3 is 6.01 Å². The quantitative estimate of drug-likeness (QED) is 0.773. The minimum Gasteiger partial charge on any atom is -0.489 e. The van der Waals surface area contributed by atoms with E-state index in [9.17, 15) is 0 Å². The molecule has 118 valence electrons. The number of hydrogen-bond donors (Lipinski definition) is 1. The second kappa shape index (κ2) is 6.43. The Balaban J connectivity index is 1.75. The molecular formula is C16H17N5O2. The highest BCUT2D eigenvalue weighted by Crippen LogP contribution is 2.21. The predicted octanol–water partition coefficient (Wildman–Crippen LogP) is 3.37. The van der Waals surface area contributed by atoms with Gasteiger partial charge in [0.05, 0.1) is 12.3 Å². The molecule has 0 saturated heterocycles. The molecule has 0 aromatic carbocycles. The topological polar surface area (TPSA) is 86.0 Å². The number of nitrogens with zero attached hydrogens (tertiary/aromatic N) is 4. The number of pyridine rings is 2. The fraction of sp³-hybridized carbons (Fsp3) is 0.250. The average molecular weight is 311 g/mol. The van der Waals surface area contributed by atoms with Crippen LogP contribution < -0.4 is 10.1 Å². The zero-order valence-electron chi connectivity index (χ0n) is 13.1. The van der Waals surface area contributed by atoms with E-state index in [1.165, 1.54) is 0 Å². The number of aromatic nitrogens is 4. The van der Waals surface area contributed by atoms with Crippen LogP contribution in [0.1, 0.15) is 19.4 Å². The minimum atomic E-state index is 0.102. The van der Waals surface area contributed by atoms with E-state index in [4.69, 9.17) is 9.26 Å². The molecule has 0 saturated carbocycles. The van der Waals surface area contributed by atoms with Crippen molar-refractivity contribution < 1.29 is 9.26 Å². The highest BCUT2D eigenvalue weighted by Gasteiger charge is 2.11. The Morgan fingerprint density at radius 1 is 1.17 bits per heavy atom. The third-order valence-electron chi connectivity index (χ3n) is 3.00. The second-order valence-corrected chi connectivity index (χ2v) is 5.26. The smallest absolute Gasteiger partial charge is 0.327 e. The van der Waals surface area contributed by atoms with Crippen molar-refractivity contribution in [3.05, 3.63) is 42.2 Å². The summed E-state index contributed by atoms with van der Waals surface area (Å²) in [5, 5.41) is 6.92. The van der Waals surface area contributed by atoms with Crippen molar-refractivity contribution >= 4 is 11.8 Å². The Kier molecular flexibility index (Phi) is 4.18. The molecule has 3 aromatic rings.